The van der Waals surface area contributed by atoms with Gasteiger partial charge in [0, 0.05) is 32.0 Å². The number of piperidine rings is 1. The van der Waals surface area contributed by atoms with Crippen LogP contribution in [0.3, 0.4) is 0 Å². The molecule has 0 radical (unpaired) electrons. The van der Waals surface area contributed by atoms with E-state index < -0.39 is 12.2 Å². The number of carboxylic acid groups (broad SMARTS) is 1. The summed E-state index contributed by atoms with van der Waals surface area (Å²) in [6.45, 7) is 2.61. The van der Waals surface area contributed by atoms with E-state index in [1.165, 1.54) is 4.90 Å². The molecule has 1 saturated heterocycles. The Kier molecular flexibility index (Phi) is 4.21. The van der Waals surface area contributed by atoms with Crippen LogP contribution in [0, 0.1) is 0 Å². The van der Waals surface area contributed by atoms with Crippen molar-refractivity contribution < 1.29 is 19.7 Å². The lowest BCUT2D eigenvalue weighted by Gasteiger charge is -2.30. The molecule has 2 N–H and O–H groups in total. The van der Waals surface area contributed by atoms with Gasteiger partial charge in [0.1, 0.15) is 6.10 Å². The fourth-order valence-electron chi connectivity index (χ4n) is 2.06. The monoisotopic (exact) mass is 266 g/mol. The largest absolute Gasteiger partial charge is 0.474 e. The fourth-order valence-corrected chi connectivity index (χ4v) is 2.06. The third kappa shape index (κ3) is 3.57. The lowest BCUT2D eigenvalue weighted by Crippen LogP contribution is -2.41. The Morgan fingerprint density at radius 2 is 2.16 bits per heavy atom. The van der Waals surface area contributed by atoms with Gasteiger partial charge in [0.05, 0.1) is 11.8 Å². The molecule has 0 aromatic carbocycles. The summed E-state index contributed by atoms with van der Waals surface area (Å²) in [7, 11) is 0. The molecule has 1 aliphatic rings. The molecule has 0 saturated carbocycles. The molecule has 2 heterocycles. The van der Waals surface area contributed by atoms with Crippen molar-refractivity contribution >= 4 is 6.09 Å². The van der Waals surface area contributed by atoms with Gasteiger partial charge in [-0.25, -0.2) is 9.78 Å². The number of ether oxygens (including phenoxy) is 1. The van der Waals surface area contributed by atoms with Crippen LogP contribution in [-0.2, 0) is 0 Å². The van der Waals surface area contributed by atoms with Crippen molar-refractivity contribution in [1.82, 2.24) is 9.88 Å². The molecule has 2 rings (SSSR count). The van der Waals surface area contributed by atoms with Gasteiger partial charge in [0.15, 0.2) is 0 Å². The Bertz CT molecular complexity index is 442. The second kappa shape index (κ2) is 5.88. The van der Waals surface area contributed by atoms with E-state index in [0.717, 1.165) is 0 Å². The number of aliphatic hydroxyl groups excluding tert-OH is 1. The predicted octanol–water partition coefficient (Wildman–Crippen LogP) is 1.66. The second-order valence-electron chi connectivity index (χ2n) is 4.66. The minimum Gasteiger partial charge on any atom is -0.474 e. The summed E-state index contributed by atoms with van der Waals surface area (Å²) in [6.07, 6.45) is -0.211. The quantitative estimate of drug-likeness (QED) is 0.869. The lowest BCUT2D eigenvalue weighted by molar-refractivity contribution is 0.0864. The summed E-state index contributed by atoms with van der Waals surface area (Å²) in [5, 5.41) is 18.3. The smallest absolute Gasteiger partial charge is 0.407 e. The van der Waals surface area contributed by atoms with Gasteiger partial charge in [-0.05, 0) is 13.0 Å². The van der Waals surface area contributed by atoms with Gasteiger partial charge in [0.2, 0.25) is 5.88 Å². The molecule has 1 fully saturated rings. The number of hydrogen-bond donors (Lipinski definition) is 2. The highest BCUT2D eigenvalue weighted by atomic mass is 16.5. The van der Waals surface area contributed by atoms with Crippen molar-refractivity contribution in [1.29, 1.82) is 0 Å². The average molecular weight is 266 g/mol. The second-order valence-corrected chi connectivity index (χ2v) is 4.66. The van der Waals surface area contributed by atoms with Crippen LogP contribution in [0.1, 0.15) is 31.6 Å². The van der Waals surface area contributed by atoms with Crippen LogP contribution in [0.25, 0.3) is 0 Å². The SMILES string of the molecule is CC(O)c1cccc(OC2CCN(C(=O)O)CC2)n1. The highest BCUT2D eigenvalue weighted by Crippen LogP contribution is 2.19. The topological polar surface area (TPSA) is 82.9 Å². The summed E-state index contributed by atoms with van der Waals surface area (Å²) < 4.78 is 5.73. The number of pyridine rings is 1. The van der Waals surface area contributed by atoms with E-state index in [0.29, 0.717) is 37.5 Å². The molecule has 1 aromatic rings. The van der Waals surface area contributed by atoms with E-state index in [1.54, 1.807) is 25.1 Å². The summed E-state index contributed by atoms with van der Waals surface area (Å²) >= 11 is 0. The van der Waals surface area contributed by atoms with E-state index in [4.69, 9.17) is 9.84 Å². The van der Waals surface area contributed by atoms with Crippen molar-refractivity contribution in [2.75, 3.05) is 13.1 Å². The van der Waals surface area contributed by atoms with Crippen LogP contribution in [0.4, 0.5) is 4.79 Å². The third-order valence-corrected chi connectivity index (χ3v) is 3.17. The average Bonchev–Trinajstić information content (AvgIpc) is 2.39. The Balaban J connectivity index is 1.92. The van der Waals surface area contributed by atoms with E-state index in [-0.39, 0.29) is 6.10 Å². The number of hydrogen-bond acceptors (Lipinski definition) is 4. The molecule has 1 amide bonds. The standard InChI is InChI=1S/C13H18N2O4/c1-9(16)11-3-2-4-12(14-11)19-10-5-7-15(8-6-10)13(17)18/h2-4,9-10,16H,5-8H2,1H3,(H,17,18). The molecule has 0 bridgehead atoms. The number of likely N-dealkylation sites (tertiary alicyclic amines) is 1. The van der Waals surface area contributed by atoms with Crippen molar-refractivity contribution in [3.05, 3.63) is 23.9 Å². The number of nitrogens with zero attached hydrogens (tertiary/aromatic N) is 2. The summed E-state index contributed by atoms with van der Waals surface area (Å²) in [5.41, 5.74) is 0.570. The van der Waals surface area contributed by atoms with Crippen molar-refractivity contribution in [2.45, 2.75) is 32.0 Å². The van der Waals surface area contributed by atoms with E-state index in [2.05, 4.69) is 4.98 Å². The maximum Gasteiger partial charge on any atom is 0.407 e. The Labute approximate surface area is 111 Å². The van der Waals surface area contributed by atoms with E-state index in [1.807, 2.05) is 0 Å². The minimum absolute atomic E-state index is 0.0210. The number of aromatic nitrogens is 1. The summed E-state index contributed by atoms with van der Waals surface area (Å²) in [5.74, 6) is 0.479. The van der Waals surface area contributed by atoms with Crippen LogP contribution in [0.15, 0.2) is 18.2 Å². The Morgan fingerprint density at radius 3 is 2.74 bits per heavy atom. The molecule has 1 aromatic heterocycles. The first kappa shape index (κ1) is 13.6. The molecule has 1 unspecified atom stereocenters. The van der Waals surface area contributed by atoms with Gasteiger partial charge >= 0.3 is 6.09 Å². The molecule has 1 aliphatic heterocycles. The molecule has 0 aliphatic carbocycles. The van der Waals surface area contributed by atoms with Gasteiger partial charge in [-0.15, -0.1) is 0 Å². The van der Waals surface area contributed by atoms with Crippen LogP contribution in [0.2, 0.25) is 0 Å². The molecule has 19 heavy (non-hydrogen) atoms. The summed E-state index contributed by atoms with van der Waals surface area (Å²) in [6, 6.07) is 5.27. The maximum atomic E-state index is 10.8. The van der Waals surface area contributed by atoms with Gasteiger partial charge in [-0.1, -0.05) is 6.07 Å². The summed E-state index contributed by atoms with van der Waals surface area (Å²) in [4.78, 5) is 16.4. The zero-order chi connectivity index (χ0) is 13.8. The molecule has 0 spiro atoms. The first-order chi connectivity index (χ1) is 9.06. The molecular weight excluding hydrogens is 248 g/mol. The number of rotatable bonds is 3. The van der Waals surface area contributed by atoms with Crippen molar-refractivity contribution in [3.8, 4) is 5.88 Å². The van der Waals surface area contributed by atoms with E-state index >= 15 is 0 Å². The molecule has 6 heteroatoms. The molecule has 6 nitrogen and oxygen atoms in total. The Morgan fingerprint density at radius 1 is 1.47 bits per heavy atom. The molecule has 104 valence electrons. The van der Waals surface area contributed by atoms with Crippen LogP contribution in [-0.4, -0.2) is 45.4 Å². The number of carbonyl (C=O) groups is 1. The highest BCUT2D eigenvalue weighted by Gasteiger charge is 2.23. The zero-order valence-corrected chi connectivity index (χ0v) is 10.8. The van der Waals surface area contributed by atoms with Crippen molar-refractivity contribution in [3.63, 3.8) is 0 Å². The third-order valence-electron chi connectivity index (χ3n) is 3.17. The normalized spacial score (nSPS) is 18.1. The van der Waals surface area contributed by atoms with E-state index in [9.17, 15) is 9.90 Å². The van der Waals surface area contributed by atoms with Gasteiger partial charge < -0.3 is 19.8 Å². The highest BCUT2D eigenvalue weighted by molar-refractivity contribution is 5.65. The first-order valence-electron chi connectivity index (χ1n) is 6.36. The van der Waals surface area contributed by atoms with Crippen LogP contribution in [0.5, 0.6) is 5.88 Å². The van der Waals surface area contributed by atoms with Crippen LogP contribution < -0.4 is 4.74 Å². The number of amides is 1. The fraction of sp³-hybridized carbons (Fsp3) is 0.538. The zero-order valence-electron chi connectivity index (χ0n) is 10.8. The van der Waals surface area contributed by atoms with Crippen LogP contribution >= 0.6 is 0 Å². The van der Waals surface area contributed by atoms with Gasteiger partial charge in [-0.3, -0.25) is 0 Å². The lowest BCUT2D eigenvalue weighted by atomic mass is 10.1. The predicted molar refractivity (Wildman–Crippen MR) is 68.1 cm³/mol. The minimum atomic E-state index is -0.882. The maximum absolute atomic E-state index is 10.8. The molecule has 1 atom stereocenters. The molecular formula is C13H18N2O4. The van der Waals surface area contributed by atoms with Gasteiger partial charge in [-0.2, -0.15) is 0 Å². The Hall–Kier alpha value is -1.82. The number of aliphatic hydroxyl groups is 1. The van der Waals surface area contributed by atoms with Crippen molar-refractivity contribution in [2.24, 2.45) is 0 Å². The first-order valence-corrected chi connectivity index (χ1v) is 6.36. The van der Waals surface area contributed by atoms with Gasteiger partial charge in [0.25, 0.3) is 0 Å².